The first kappa shape index (κ1) is 14.9. The number of thioether (sulfide) groups is 1. The van der Waals surface area contributed by atoms with Crippen LogP contribution in [0.2, 0.25) is 5.02 Å². The summed E-state index contributed by atoms with van der Waals surface area (Å²) in [6.07, 6.45) is 2.59. The lowest BCUT2D eigenvalue weighted by atomic mass is 10.2. The second-order valence-electron chi connectivity index (χ2n) is 5.33. The van der Waals surface area contributed by atoms with Crippen molar-refractivity contribution in [1.29, 1.82) is 0 Å². The highest BCUT2D eigenvalue weighted by Gasteiger charge is 2.19. The van der Waals surface area contributed by atoms with Crippen molar-refractivity contribution in [3.63, 3.8) is 0 Å². The molecule has 2 aromatic carbocycles. The van der Waals surface area contributed by atoms with Gasteiger partial charge in [0.1, 0.15) is 5.82 Å². The molecule has 0 aliphatic heterocycles. The highest BCUT2D eigenvalue weighted by molar-refractivity contribution is 7.98. The zero-order valence-corrected chi connectivity index (χ0v) is 13.2. The van der Waals surface area contributed by atoms with Gasteiger partial charge in [0, 0.05) is 28.3 Å². The van der Waals surface area contributed by atoms with Gasteiger partial charge in [-0.2, -0.15) is 0 Å². The third-order valence-electron chi connectivity index (χ3n) is 3.47. The molecule has 0 unspecified atom stereocenters. The highest BCUT2D eigenvalue weighted by Crippen LogP contribution is 2.27. The Kier molecular flexibility index (Phi) is 4.84. The van der Waals surface area contributed by atoms with Crippen LogP contribution in [0, 0.1) is 5.82 Å². The van der Waals surface area contributed by atoms with Gasteiger partial charge in [0.2, 0.25) is 0 Å². The van der Waals surface area contributed by atoms with E-state index in [1.54, 1.807) is 23.9 Å². The lowest BCUT2D eigenvalue weighted by Gasteiger charge is -2.07. The van der Waals surface area contributed by atoms with Gasteiger partial charge in [-0.3, -0.25) is 0 Å². The maximum absolute atomic E-state index is 13.7. The zero-order valence-electron chi connectivity index (χ0n) is 11.6. The molecule has 0 amide bonds. The number of nitrogens with one attached hydrogen (secondary N) is 1. The minimum Gasteiger partial charge on any atom is -0.310 e. The Labute approximate surface area is 133 Å². The van der Waals surface area contributed by atoms with Crippen LogP contribution in [0.1, 0.15) is 24.0 Å². The van der Waals surface area contributed by atoms with Crippen LogP contribution in [-0.4, -0.2) is 6.04 Å². The van der Waals surface area contributed by atoms with Crippen molar-refractivity contribution in [2.75, 3.05) is 0 Å². The van der Waals surface area contributed by atoms with Gasteiger partial charge in [-0.15, -0.1) is 11.8 Å². The van der Waals surface area contributed by atoms with E-state index in [-0.39, 0.29) is 5.82 Å². The quantitative estimate of drug-likeness (QED) is 0.749. The van der Waals surface area contributed by atoms with E-state index in [4.69, 9.17) is 11.6 Å². The van der Waals surface area contributed by atoms with Crippen molar-refractivity contribution in [3.8, 4) is 0 Å². The van der Waals surface area contributed by atoms with Crippen LogP contribution < -0.4 is 5.32 Å². The highest BCUT2D eigenvalue weighted by atomic mass is 35.5. The molecule has 0 saturated heterocycles. The van der Waals surface area contributed by atoms with Crippen molar-refractivity contribution in [3.05, 3.63) is 64.4 Å². The van der Waals surface area contributed by atoms with Crippen molar-refractivity contribution in [1.82, 2.24) is 5.32 Å². The Morgan fingerprint density at radius 2 is 2.05 bits per heavy atom. The monoisotopic (exact) mass is 321 g/mol. The van der Waals surface area contributed by atoms with Crippen molar-refractivity contribution >= 4 is 23.4 Å². The molecule has 3 rings (SSSR count). The van der Waals surface area contributed by atoms with Crippen LogP contribution >= 0.6 is 23.4 Å². The van der Waals surface area contributed by atoms with Gasteiger partial charge in [0.25, 0.3) is 0 Å². The fourth-order valence-corrected chi connectivity index (χ4v) is 3.26. The summed E-state index contributed by atoms with van der Waals surface area (Å²) < 4.78 is 13.7. The zero-order chi connectivity index (χ0) is 14.7. The van der Waals surface area contributed by atoms with E-state index in [2.05, 4.69) is 29.6 Å². The largest absolute Gasteiger partial charge is 0.310 e. The first-order valence-electron chi connectivity index (χ1n) is 7.10. The lowest BCUT2D eigenvalue weighted by molar-refractivity contribution is 0.617. The summed E-state index contributed by atoms with van der Waals surface area (Å²) in [6, 6.07) is 13.8. The van der Waals surface area contributed by atoms with Crippen LogP contribution in [0.4, 0.5) is 4.39 Å². The van der Waals surface area contributed by atoms with Gasteiger partial charge in [0.15, 0.2) is 0 Å². The molecule has 110 valence electrons. The molecule has 1 N–H and O–H groups in total. The molecule has 0 atom stereocenters. The van der Waals surface area contributed by atoms with Gasteiger partial charge in [-0.1, -0.05) is 23.7 Å². The summed E-state index contributed by atoms with van der Waals surface area (Å²) in [5.41, 5.74) is 1.92. The average Bonchev–Trinajstić information content (AvgIpc) is 3.31. The van der Waals surface area contributed by atoms with Crippen LogP contribution in [0.15, 0.2) is 47.4 Å². The predicted octanol–water partition coefficient (Wildman–Crippen LogP) is 5.02. The fraction of sp³-hybridized carbons (Fsp3) is 0.294. The average molecular weight is 322 g/mol. The van der Waals surface area contributed by atoms with Crippen molar-refractivity contribution in [2.45, 2.75) is 36.1 Å². The molecule has 1 nitrogen and oxygen atoms in total. The summed E-state index contributed by atoms with van der Waals surface area (Å²) in [6.45, 7) is 0.907. The van der Waals surface area contributed by atoms with Crippen LogP contribution in [0.3, 0.4) is 0 Å². The first-order valence-corrected chi connectivity index (χ1v) is 8.46. The van der Waals surface area contributed by atoms with Crippen LogP contribution in [0.5, 0.6) is 0 Å². The Morgan fingerprint density at radius 1 is 1.19 bits per heavy atom. The molecule has 0 spiro atoms. The smallest absolute Gasteiger partial charge is 0.127 e. The molecule has 1 aliphatic carbocycles. The minimum atomic E-state index is -0.196. The third-order valence-corrected chi connectivity index (χ3v) is 4.75. The van der Waals surface area contributed by atoms with Gasteiger partial charge in [-0.25, -0.2) is 4.39 Å². The lowest BCUT2D eigenvalue weighted by Crippen LogP contribution is -2.15. The standard InChI is InChI=1S/C17H17ClFNS/c18-14-4-7-17(19)13(9-14)11-21-16-3-1-2-12(8-16)10-20-15-5-6-15/h1-4,7-9,15,20H,5-6,10-11H2. The Bertz CT molecular complexity index is 628. The molecule has 1 saturated carbocycles. The van der Waals surface area contributed by atoms with E-state index in [9.17, 15) is 4.39 Å². The predicted molar refractivity (Wildman–Crippen MR) is 87.3 cm³/mol. The molecule has 0 heterocycles. The fourth-order valence-electron chi connectivity index (χ4n) is 2.11. The second-order valence-corrected chi connectivity index (χ2v) is 6.81. The Hall–Kier alpha value is -1.03. The topological polar surface area (TPSA) is 12.0 Å². The normalized spacial score (nSPS) is 14.4. The molecule has 0 radical (unpaired) electrons. The summed E-state index contributed by atoms with van der Waals surface area (Å²) >= 11 is 7.55. The molecular formula is C17H17ClFNS. The summed E-state index contributed by atoms with van der Waals surface area (Å²) in [7, 11) is 0. The maximum atomic E-state index is 13.7. The SMILES string of the molecule is Fc1ccc(Cl)cc1CSc1cccc(CNC2CC2)c1. The second kappa shape index (κ2) is 6.82. The molecular weight excluding hydrogens is 305 g/mol. The number of hydrogen-bond donors (Lipinski definition) is 1. The first-order chi connectivity index (χ1) is 10.2. The Morgan fingerprint density at radius 3 is 2.86 bits per heavy atom. The summed E-state index contributed by atoms with van der Waals surface area (Å²) in [5.74, 6) is 0.393. The molecule has 4 heteroatoms. The van der Waals surface area contributed by atoms with E-state index >= 15 is 0 Å². The van der Waals surface area contributed by atoms with Crippen molar-refractivity contribution in [2.24, 2.45) is 0 Å². The number of hydrogen-bond acceptors (Lipinski definition) is 2. The molecule has 0 aromatic heterocycles. The molecule has 1 fully saturated rings. The Balaban J connectivity index is 1.61. The van der Waals surface area contributed by atoms with Crippen molar-refractivity contribution < 1.29 is 4.39 Å². The van der Waals surface area contributed by atoms with Gasteiger partial charge < -0.3 is 5.32 Å². The van der Waals surface area contributed by atoms with E-state index < -0.39 is 0 Å². The van der Waals surface area contributed by atoms with E-state index in [1.165, 1.54) is 24.5 Å². The molecule has 21 heavy (non-hydrogen) atoms. The van der Waals surface area contributed by atoms with Gasteiger partial charge in [0.05, 0.1) is 0 Å². The van der Waals surface area contributed by atoms with Gasteiger partial charge >= 0.3 is 0 Å². The number of benzene rings is 2. The van der Waals surface area contributed by atoms with Crippen LogP contribution in [0.25, 0.3) is 0 Å². The molecule has 2 aromatic rings. The van der Waals surface area contributed by atoms with E-state index in [1.807, 2.05) is 0 Å². The summed E-state index contributed by atoms with van der Waals surface area (Å²) in [5, 5.41) is 4.08. The summed E-state index contributed by atoms with van der Waals surface area (Å²) in [4.78, 5) is 1.16. The number of halogens is 2. The number of rotatable bonds is 6. The van der Waals surface area contributed by atoms with Gasteiger partial charge in [-0.05, 0) is 54.3 Å². The molecule has 0 bridgehead atoms. The third kappa shape index (κ3) is 4.47. The maximum Gasteiger partial charge on any atom is 0.127 e. The van der Waals surface area contributed by atoms with Crippen LogP contribution in [-0.2, 0) is 12.3 Å². The van der Waals surface area contributed by atoms with E-state index in [0.717, 1.165) is 11.4 Å². The molecule has 1 aliphatic rings. The van der Waals surface area contributed by atoms with E-state index in [0.29, 0.717) is 22.4 Å². The minimum absolute atomic E-state index is 0.196.